The monoisotopic (exact) mass is 391 g/mol. The molecular weight excluding hydrogens is 366 g/mol. The summed E-state index contributed by atoms with van der Waals surface area (Å²) in [4.78, 5) is 14.6. The molecule has 146 valence electrons. The fourth-order valence-corrected chi connectivity index (χ4v) is 4.61. The van der Waals surface area contributed by atoms with Crippen molar-refractivity contribution >= 4 is 15.9 Å². The van der Waals surface area contributed by atoms with E-state index >= 15 is 0 Å². The molecule has 1 aliphatic rings. The van der Waals surface area contributed by atoms with Crippen molar-refractivity contribution in [1.29, 1.82) is 0 Å². The minimum absolute atomic E-state index is 0.138. The van der Waals surface area contributed by atoms with E-state index in [1.165, 1.54) is 16.6 Å². The number of hydrogen-bond acceptors (Lipinski definition) is 4. The molecule has 1 aliphatic heterocycles. The second-order valence-electron chi connectivity index (χ2n) is 6.78. The van der Waals surface area contributed by atoms with Crippen molar-refractivity contribution in [3.8, 4) is 0 Å². The Hall–Kier alpha value is -2.16. The summed E-state index contributed by atoms with van der Waals surface area (Å²) in [6, 6.07) is 9.35. The molecule has 1 amide bonds. The van der Waals surface area contributed by atoms with Crippen LogP contribution in [0.3, 0.4) is 0 Å². The summed E-state index contributed by atoms with van der Waals surface area (Å²) in [6.07, 6.45) is 1.50. The van der Waals surface area contributed by atoms with Crippen LogP contribution in [-0.4, -0.2) is 61.4 Å². The first-order chi connectivity index (χ1) is 12.8. The highest BCUT2D eigenvalue weighted by Gasteiger charge is 2.29. The van der Waals surface area contributed by atoms with Gasteiger partial charge >= 0.3 is 0 Å². The third kappa shape index (κ3) is 4.07. The molecule has 1 aromatic heterocycles. The van der Waals surface area contributed by atoms with Gasteiger partial charge in [0.1, 0.15) is 10.6 Å². The molecule has 3 rings (SSSR count). The van der Waals surface area contributed by atoms with Crippen molar-refractivity contribution in [2.24, 2.45) is 7.05 Å². The molecule has 0 aliphatic carbocycles. The maximum atomic E-state index is 12.9. The Morgan fingerprint density at radius 1 is 1.22 bits per heavy atom. The molecule has 1 fully saturated rings. The van der Waals surface area contributed by atoms with E-state index in [1.807, 2.05) is 31.2 Å². The van der Waals surface area contributed by atoms with Crippen LogP contribution in [0.1, 0.15) is 21.6 Å². The van der Waals surface area contributed by atoms with E-state index in [4.69, 9.17) is 4.74 Å². The van der Waals surface area contributed by atoms with Crippen LogP contribution in [0.5, 0.6) is 0 Å². The molecule has 0 saturated carbocycles. The second-order valence-corrected chi connectivity index (χ2v) is 8.71. The lowest BCUT2D eigenvalue weighted by Crippen LogP contribution is -2.40. The van der Waals surface area contributed by atoms with E-state index in [1.54, 1.807) is 23.6 Å². The highest BCUT2D eigenvalue weighted by molar-refractivity contribution is 7.89. The molecular formula is C19H25N3O4S. The van der Waals surface area contributed by atoms with Crippen molar-refractivity contribution in [3.05, 3.63) is 53.3 Å². The number of benzene rings is 1. The minimum Gasteiger partial charge on any atom is -0.379 e. The molecule has 0 N–H and O–H groups in total. The van der Waals surface area contributed by atoms with Gasteiger partial charge in [-0.25, -0.2) is 8.42 Å². The standard InChI is InChI=1S/C19H25N3O4S/c1-15-6-4-5-7-16(15)13-21(3)19(23)18-12-17(14-20(18)2)27(24,25)22-8-10-26-11-9-22/h4-7,12,14H,8-11,13H2,1-3H3. The summed E-state index contributed by atoms with van der Waals surface area (Å²) < 4.78 is 33.8. The molecule has 0 unspecified atom stereocenters. The lowest BCUT2D eigenvalue weighted by Gasteiger charge is -2.25. The summed E-state index contributed by atoms with van der Waals surface area (Å²) in [5.74, 6) is -0.218. The number of amides is 1. The molecule has 8 heteroatoms. The predicted octanol–water partition coefficient (Wildman–Crippen LogP) is 1.63. The highest BCUT2D eigenvalue weighted by Crippen LogP contribution is 2.21. The van der Waals surface area contributed by atoms with Gasteiger partial charge in [-0.05, 0) is 24.1 Å². The van der Waals surface area contributed by atoms with Crippen LogP contribution in [0.15, 0.2) is 41.4 Å². The summed E-state index contributed by atoms with van der Waals surface area (Å²) in [7, 11) is -0.219. The summed E-state index contributed by atoms with van der Waals surface area (Å²) in [5, 5.41) is 0. The Bertz CT molecular complexity index is 930. The number of aryl methyl sites for hydroxylation is 2. The van der Waals surface area contributed by atoms with Crippen LogP contribution in [0.4, 0.5) is 0 Å². The minimum atomic E-state index is -3.63. The van der Waals surface area contributed by atoms with Crippen LogP contribution in [0.25, 0.3) is 0 Å². The third-order valence-corrected chi connectivity index (χ3v) is 6.69. The first-order valence-corrected chi connectivity index (χ1v) is 10.3. The number of morpholine rings is 1. The Morgan fingerprint density at radius 3 is 2.56 bits per heavy atom. The fraction of sp³-hybridized carbons (Fsp3) is 0.421. The normalized spacial score (nSPS) is 15.7. The quantitative estimate of drug-likeness (QED) is 0.777. The highest BCUT2D eigenvalue weighted by atomic mass is 32.2. The smallest absolute Gasteiger partial charge is 0.270 e. The summed E-state index contributed by atoms with van der Waals surface area (Å²) in [6.45, 7) is 3.89. The van der Waals surface area contributed by atoms with Crippen molar-refractivity contribution in [1.82, 2.24) is 13.8 Å². The average molecular weight is 391 g/mol. The van der Waals surface area contributed by atoms with Crippen LogP contribution in [-0.2, 0) is 28.4 Å². The zero-order chi connectivity index (χ0) is 19.6. The second kappa shape index (κ2) is 7.84. The van der Waals surface area contributed by atoms with Crippen LogP contribution >= 0.6 is 0 Å². The van der Waals surface area contributed by atoms with Crippen LogP contribution in [0.2, 0.25) is 0 Å². The Labute approximate surface area is 160 Å². The first-order valence-electron chi connectivity index (χ1n) is 8.85. The number of nitrogens with zero attached hydrogens (tertiary/aromatic N) is 3. The molecule has 2 heterocycles. The topological polar surface area (TPSA) is 71.8 Å². The Kier molecular flexibility index (Phi) is 5.69. The third-order valence-electron chi connectivity index (χ3n) is 4.82. The van der Waals surface area contributed by atoms with E-state index in [9.17, 15) is 13.2 Å². The number of carbonyl (C=O) groups is 1. The van der Waals surface area contributed by atoms with Crippen molar-refractivity contribution < 1.29 is 17.9 Å². The average Bonchev–Trinajstić information content (AvgIpc) is 3.06. The SMILES string of the molecule is Cc1ccccc1CN(C)C(=O)c1cc(S(=O)(=O)N2CCOCC2)cn1C. The number of sulfonamides is 1. The van der Waals surface area contributed by atoms with E-state index in [2.05, 4.69) is 0 Å². The lowest BCUT2D eigenvalue weighted by molar-refractivity contribution is 0.0730. The van der Waals surface area contributed by atoms with Gasteiger partial charge in [0, 0.05) is 39.9 Å². The van der Waals surface area contributed by atoms with Crippen molar-refractivity contribution in [3.63, 3.8) is 0 Å². The van der Waals surface area contributed by atoms with E-state index in [0.717, 1.165) is 11.1 Å². The number of hydrogen-bond donors (Lipinski definition) is 0. The van der Waals surface area contributed by atoms with Crippen LogP contribution < -0.4 is 0 Å². The number of ether oxygens (including phenoxy) is 1. The van der Waals surface area contributed by atoms with Crippen LogP contribution in [0, 0.1) is 6.92 Å². The summed E-state index contributed by atoms with van der Waals surface area (Å²) in [5.41, 5.74) is 2.52. The Balaban J connectivity index is 1.81. The van der Waals surface area contributed by atoms with Gasteiger partial charge in [-0.15, -0.1) is 0 Å². The van der Waals surface area contributed by atoms with Gasteiger partial charge in [-0.2, -0.15) is 4.31 Å². The number of rotatable bonds is 5. The van der Waals surface area contributed by atoms with Gasteiger partial charge in [0.25, 0.3) is 5.91 Å². The maximum Gasteiger partial charge on any atom is 0.270 e. The molecule has 7 nitrogen and oxygen atoms in total. The largest absolute Gasteiger partial charge is 0.379 e. The number of aromatic nitrogens is 1. The zero-order valence-corrected chi connectivity index (χ0v) is 16.7. The molecule has 2 aromatic rings. The zero-order valence-electron chi connectivity index (χ0n) is 15.9. The molecule has 0 spiro atoms. The molecule has 1 aromatic carbocycles. The van der Waals surface area contributed by atoms with Crippen molar-refractivity contribution in [2.45, 2.75) is 18.4 Å². The van der Waals surface area contributed by atoms with E-state index < -0.39 is 10.0 Å². The van der Waals surface area contributed by atoms with Gasteiger partial charge in [0.15, 0.2) is 0 Å². The van der Waals surface area contributed by atoms with Crippen molar-refractivity contribution in [2.75, 3.05) is 33.4 Å². The van der Waals surface area contributed by atoms with Gasteiger partial charge in [0.05, 0.1) is 13.2 Å². The Morgan fingerprint density at radius 2 is 1.89 bits per heavy atom. The van der Waals surface area contributed by atoms with Gasteiger partial charge in [0.2, 0.25) is 10.0 Å². The van der Waals surface area contributed by atoms with E-state index in [0.29, 0.717) is 38.5 Å². The van der Waals surface area contributed by atoms with Gasteiger partial charge in [-0.3, -0.25) is 4.79 Å². The lowest BCUT2D eigenvalue weighted by atomic mass is 10.1. The van der Waals surface area contributed by atoms with E-state index in [-0.39, 0.29) is 10.8 Å². The molecule has 27 heavy (non-hydrogen) atoms. The fourth-order valence-electron chi connectivity index (χ4n) is 3.13. The molecule has 0 radical (unpaired) electrons. The molecule has 0 bridgehead atoms. The van der Waals surface area contributed by atoms with Gasteiger partial charge in [-0.1, -0.05) is 24.3 Å². The first kappa shape index (κ1) is 19.6. The summed E-state index contributed by atoms with van der Waals surface area (Å²) >= 11 is 0. The van der Waals surface area contributed by atoms with Gasteiger partial charge < -0.3 is 14.2 Å². The molecule has 1 saturated heterocycles. The molecule has 0 atom stereocenters. The maximum absolute atomic E-state index is 12.9. The number of carbonyl (C=O) groups excluding carboxylic acids is 1. The predicted molar refractivity (Wildman–Crippen MR) is 102 cm³/mol.